The lowest BCUT2D eigenvalue weighted by Gasteiger charge is -1.98. The molecule has 6 heteroatoms. The smallest absolute Gasteiger partial charge is 0.148 e. The summed E-state index contributed by atoms with van der Waals surface area (Å²) < 4.78 is 0. The molecule has 0 radical (unpaired) electrons. The molecule has 0 aliphatic rings. The molecule has 0 aliphatic heterocycles. The third-order valence-corrected chi connectivity index (χ3v) is 3.01. The lowest BCUT2D eigenvalue weighted by Crippen LogP contribution is -2.01. The van der Waals surface area contributed by atoms with Gasteiger partial charge in [-0.1, -0.05) is 11.3 Å². The normalized spacial score (nSPS) is 10.6. The minimum atomic E-state index is 0.00516. The minimum absolute atomic E-state index is 0.00516. The van der Waals surface area contributed by atoms with E-state index in [1.807, 2.05) is 0 Å². The Morgan fingerprint density at radius 1 is 1.12 bits per heavy atom. The van der Waals surface area contributed by atoms with Crippen LogP contribution in [-0.2, 0) is 6.42 Å². The van der Waals surface area contributed by atoms with E-state index in [-0.39, 0.29) is 11.5 Å². The molecular weight excluding hydrogens is 226 g/mol. The fraction of sp³-hybridized carbons (Fsp3) is 0.200. The zero-order valence-electron chi connectivity index (χ0n) is 8.42. The first kappa shape index (κ1) is 10.8. The van der Waals surface area contributed by atoms with Crippen LogP contribution in [-0.4, -0.2) is 27.0 Å². The number of benzene rings is 1. The van der Waals surface area contributed by atoms with Gasteiger partial charge in [-0.2, -0.15) is 0 Å². The van der Waals surface area contributed by atoms with Crippen LogP contribution in [0.4, 0.5) is 0 Å². The number of hydrogen-bond acceptors (Lipinski definition) is 6. The van der Waals surface area contributed by atoms with Crippen molar-refractivity contribution in [3.05, 3.63) is 23.2 Å². The zero-order chi connectivity index (χ0) is 11.5. The quantitative estimate of drug-likeness (QED) is 0.744. The Bertz CT molecular complexity index is 478. The molecule has 0 bridgehead atoms. The van der Waals surface area contributed by atoms with Gasteiger partial charge in [-0.15, -0.1) is 10.2 Å². The van der Waals surface area contributed by atoms with E-state index in [9.17, 15) is 10.2 Å². The van der Waals surface area contributed by atoms with Crippen LogP contribution in [0.5, 0.6) is 11.5 Å². The summed E-state index contributed by atoms with van der Waals surface area (Å²) in [5.41, 5.74) is 6.07. The highest BCUT2D eigenvalue weighted by Crippen LogP contribution is 2.30. The van der Waals surface area contributed by atoms with Crippen molar-refractivity contribution < 1.29 is 10.2 Å². The predicted octanol–water partition coefficient (Wildman–Crippen LogP) is 1.12. The fourth-order valence-electron chi connectivity index (χ4n) is 1.31. The van der Waals surface area contributed by atoms with Gasteiger partial charge in [-0.25, -0.2) is 0 Å². The average Bonchev–Trinajstić information content (AvgIpc) is 2.65. The van der Waals surface area contributed by atoms with Gasteiger partial charge in [-0.3, -0.25) is 0 Å². The average molecular weight is 237 g/mol. The van der Waals surface area contributed by atoms with Crippen molar-refractivity contribution in [1.82, 2.24) is 10.2 Å². The van der Waals surface area contributed by atoms with Gasteiger partial charge in [0, 0.05) is 18.1 Å². The molecule has 1 aromatic carbocycles. The summed E-state index contributed by atoms with van der Waals surface area (Å²) in [6.45, 7) is 0.528. The molecule has 1 heterocycles. The number of aromatic nitrogens is 2. The van der Waals surface area contributed by atoms with E-state index in [4.69, 9.17) is 5.73 Å². The molecular formula is C10H11N3O2S. The maximum absolute atomic E-state index is 9.34. The second kappa shape index (κ2) is 4.46. The Kier molecular flexibility index (Phi) is 3.02. The number of hydrogen-bond donors (Lipinski definition) is 3. The van der Waals surface area contributed by atoms with Crippen molar-refractivity contribution in [3.63, 3.8) is 0 Å². The number of nitrogens with two attached hydrogens (primary N) is 1. The number of nitrogens with zero attached hydrogens (tertiary/aromatic N) is 2. The summed E-state index contributed by atoms with van der Waals surface area (Å²) in [5, 5.41) is 28.1. The van der Waals surface area contributed by atoms with Crippen LogP contribution in [0.25, 0.3) is 10.6 Å². The van der Waals surface area contributed by atoms with Gasteiger partial charge in [0.25, 0.3) is 0 Å². The standard InChI is InChI=1S/C10H11N3O2S/c11-2-1-9-12-13-10(16-9)6-3-7(14)5-8(15)4-6/h3-5,14-15H,1-2,11H2. The summed E-state index contributed by atoms with van der Waals surface area (Å²) in [4.78, 5) is 0. The summed E-state index contributed by atoms with van der Waals surface area (Å²) >= 11 is 1.40. The molecule has 84 valence electrons. The van der Waals surface area contributed by atoms with E-state index in [1.54, 1.807) is 0 Å². The van der Waals surface area contributed by atoms with Crippen LogP contribution in [0.15, 0.2) is 18.2 Å². The molecule has 0 unspecified atom stereocenters. The van der Waals surface area contributed by atoms with Gasteiger partial charge >= 0.3 is 0 Å². The highest BCUT2D eigenvalue weighted by molar-refractivity contribution is 7.14. The maximum atomic E-state index is 9.34. The lowest BCUT2D eigenvalue weighted by molar-refractivity contribution is 0.451. The van der Waals surface area contributed by atoms with E-state index in [0.717, 1.165) is 5.01 Å². The van der Waals surface area contributed by atoms with Crippen LogP contribution in [0, 0.1) is 0 Å². The van der Waals surface area contributed by atoms with E-state index in [2.05, 4.69) is 10.2 Å². The van der Waals surface area contributed by atoms with Crippen LogP contribution in [0.2, 0.25) is 0 Å². The second-order valence-electron chi connectivity index (χ2n) is 3.28. The molecule has 0 atom stereocenters. The Hall–Kier alpha value is -1.66. The molecule has 0 amide bonds. The van der Waals surface area contributed by atoms with Crippen LogP contribution >= 0.6 is 11.3 Å². The monoisotopic (exact) mass is 237 g/mol. The first-order valence-electron chi connectivity index (χ1n) is 4.75. The van der Waals surface area contributed by atoms with Crippen LogP contribution < -0.4 is 5.73 Å². The molecule has 2 rings (SSSR count). The van der Waals surface area contributed by atoms with Crippen molar-refractivity contribution in [1.29, 1.82) is 0 Å². The van der Waals surface area contributed by atoms with Crippen molar-refractivity contribution in [3.8, 4) is 22.1 Å². The predicted molar refractivity (Wildman–Crippen MR) is 61.4 cm³/mol. The van der Waals surface area contributed by atoms with Crippen molar-refractivity contribution in [2.75, 3.05) is 6.54 Å². The highest BCUT2D eigenvalue weighted by Gasteiger charge is 2.08. The second-order valence-corrected chi connectivity index (χ2v) is 4.34. The third-order valence-electron chi connectivity index (χ3n) is 1.97. The van der Waals surface area contributed by atoms with Crippen molar-refractivity contribution in [2.24, 2.45) is 5.73 Å². The molecule has 1 aromatic heterocycles. The molecule has 2 aromatic rings. The van der Waals surface area contributed by atoms with E-state index in [0.29, 0.717) is 23.5 Å². The zero-order valence-corrected chi connectivity index (χ0v) is 9.24. The van der Waals surface area contributed by atoms with Crippen LogP contribution in [0.1, 0.15) is 5.01 Å². The van der Waals surface area contributed by atoms with E-state index >= 15 is 0 Å². The van der Waals surface area contributed by atoms with Gasteiger partial charge < -0.3 is 15.9 Å². The Labute approximate surface area is 96.2 Å². The maximum Gasteiger partial charge on any atom is 0.148 e. The number of aromatic hydroxyl groups is 2. The van der Waals surface area contributed by atoms with Gasteiger partial charge in [0.2, 0.25) is 0 Å². The van der Waals surface area contributed by atoms with Gasteiger partial charge in [-0.05, 0) is 18.7 Å². The molecule has 0 saturated carbocycles. The number of rotatable bonds is 3. The Morgan fingerprint density at radius 3 is 2.44 bits per heavy atom. The van der Waals surface area contributed by atoms with Gasteiger partial charge in [0.05, 0.1) is 0 Å². The molecule has 0 aliphatic carbocycles. The molecule has 0 spiro atoms. The number of phenols is 2. The SMILES string of the molecule is NCCc1nnc(-c2cc(O)cc(O)c2)s1. The molecule has 5 nitrogen and oxygen atoms in total. The highest BCUT2D eigenvalue weighted by atomic mass is 32.1. The van der Waals surface area contributed by atoms with E-state index in [1.165, 1.54) is 29.5 Å². The first-order chi connectivity index (χ1) is 7.69. The number of phenolic OH excluding ortho intramolecular Hbond substituents is 2. The van der Waals surface area contributed by atoms with Crippen molar-refractivity contribution >= 4 is 11.3 Å². The summed E-state index contributed by atoms with van der Waals surface area (Å²) in [6.07, 6.45) is 0.683. The summed E-state index contributed by atoms with van der Waals surface area (Å²) in [5.74, 6) is 0.0103. The van der Waals surface area contributed by atoms with Gasteiger partial charge in [0.1, 0.15) is 21.5 Å². The first-order valence-corrected chi connectivity index (χ1v) is 5.56. The Morgan fingerprint density at radius 2 is 1.81 bits per heavy atom. The molecule has 0 saturated heterocycles. The Balaban J connectivity index is 2.34. The minimum Gasteiger partial charge on any atom is -0.508 e. The summed E-state index contributed by atoms with van der Waals surface area (Å²) in [7, 11) is 0. The molecule has 16 heavy (non-hydrogen) atoms. The summed E-state index contributed by atoms with van der Waals surface area (Å²) in [6, 6.07) is 4.34. The molecule has 4 N–H and O–H groups in total. The molecule has 0 fully saturated rings. The lowest BCUT2D eigenvalue weighted by atomic mass is 10.2. The third kappa shape index (κ3) is 2.29. The largest absolute Gasteiger partial charge is 0.508 e. The fourth-order valence-corrected chi connectivity index (χ4v) is 2.16. The van der Waals surface area contributed by atoms with E-state index < -0.39 is 0 Å². The van der Waals surface area contributed by atoms with Crippen LogP contribution in [0.3, 0.4) is 0 Å². The van der Waals surface area contributed by atoms with Gasteiger partial charge in [0.15, 0.2) is 0 Å². The topological polar surface area (TPSA) is 92.3 Å². The van der Waals surface area contributed by atoms with Crippen molar-refractivity contribution in [2.45, 2.75) is 6.42 Å².